The van der Waals surface area contributed by atoms with Crippen molar-refractivity contribution < 1.29 is 4.74 Å². The molecule has 1 aliphatic heterocycles. The highest BCUT2D eigenvalue weighted by Crippen LogP contribution is 2.36. The molecule has 0 bridgehead atoms. The Bertz CT molecular complexity index is 922. The van der Waals surface area contributed by atoms with Crippen LogP contribution < -0.4 is 5.56 Å². The number of ether oxygens (including phenoxy) is 1. The minimum atomic E-state index is 0.102. The van der Waals surface area contributed by atoms with Gasteiger partial charge in [0.25, 0.3) is 5.56 Å². The first-order valence-electron chi connectivity index (χ1n) is 9.83. The second kappa shape index (κ2) is 8.34. The van der Waals surface area contributed by atoms with Crippen molar-refractivity contribution in [2.75, 3.05) is 12.4 Å². The number of rotatable bonds is 6. The number of aryl methyl sites for hydroxylation is 1. The predicted octanol–water partition coefficient (Wildman–Crippen LogP) is 4.16. The van der Waals surface area contributed by atoms with E-state index in [0.717, 1.165) is 66.3 Å². The molecule has 0 aromatic carbocycles. The van der Waals surface area contributed by atoms with E-state index >= 15 is 0 Å². The lowest BCUT2D eigenvalue weighted by Crippen LogP contribution is -2.29. The molecule has 0 amide bonds. The Morgan fingerprint density at radius 1 is 1.44 bits per heavy atom. The summed E-state index contributed by atoms with van der Waals surface area (Å²) < 4.78 is 7.64. The molecule has 2 atom stereocenters. The van der Waals surface area contributed by atoms with Crippen molar-refractivity contribution in [3.8, 4) is 6.07 Å². The Morgan fingerprint density at radius 2 is 2.33 bits per heavy atom. The largest absolute Gasteiger partial charge is 0.376 e. The number of hydrogen-bond acceptors (Lipinski definition) is 6. The van der Waals surface area contributed by atoms with Crippen LogP contribution in [-0.4, -0.2) is 28.0 Å². The molecule has 4 rings (SSSR count). The van der Waals surface area contributed by atoms with Crippen LogP contribution in [0.3, 0.4) is 0 Å². The maximum atomic E-state index is 13.4. The average Bonchev–Trinajstić information content (AvgIpc) is 3.28. The number of nitrogens with zero attached hydrogens (tertiary/aromatic N) is 3. The summed E-state index contributed by atoms with van der Waals surface area (Å²) in [6, 6.07) is 2.19. The van der Waals surface area contributed by atoms with E-state index in [1.807, 2.05) is 4.57 Å². The zero-order chi connectivity index (χ0) is 18.8. The van der Waals surface area contributed by atoms with Crippen molar-refractivity contribution >= 4 is 33.3 Å². The first-order chi connectivity index (χ1) is 13.2. The summed E-state index contributed by atoms with van der Waals surface area (Å²) in [7, 11) is 0. The Labute approximate surface area is 167 Å². The number of thiophene rings is 1. The van der Waals surface area contributed by atoms with E-state index < -0.39 is 0 Å². The van der Waals surface area contributed by atoms with Gasteiger partial charge in [-0.1, -0.05) is 18.7 Å². The second-order valence-corrected chi connectivity index (χ2v) is 9.73. The average molecular weight is 404 g/mol. The fourth-order valence-electron chi connectivity index (χ4n) is 3.98. The number of hydrogen-bond donors (Lipinski definition) is 0. The van der Waals surface area contributed by atoms with Gasteiger partial charge < -0.3 is 4.74 Å². The van der Waals surface area contributed by atoms with Gasteiger partial charge in [-0.2, -0.15) is 5.26 Å². The third-order valence-electron chi connectivity index (χ3n) is 5.45. The summed E-state index contributed by atoms with van der Waals surface area (Å²) in [4.78, 5) is 20.6. The van der Waals surface area contributed by atoms with Gasteiger partial charge in [0.15, 0.2) is 5.16 Å². The Hall–Kier alpha value is -1.36. The topological polar surface area (TPSA) is 67.9 Å². The molecule has 1 fully saturated rings. The molecule has 2 aromatic heterocycles. The van der Waals surface area contributed by atoms with E-state index in [0.29, 0.717) is 18.9 Å². The molecule has 0 unspecified atom stereocenters. The lowest BCUT2D eigenvalue weighted by molar-refractivity contribution is 0.0937. The monoisotopic (exact) mass is 403 g/mol. The summed E-state index contributed by atoms with van der Waals surface area (Å²) in [6.45, 7) is 3.65. The van der Waals surface area contributed by atoms with E-state index in [1.54, 1.807) is 23.1 Å². The molecule has 27 heavy (non-hydrogen) atoms. The van der Waals surface area contributed by atoms with Gasteiger partial charge in [-0.25, -0.2) is 4.98 Å². The van der Waals surface area contributed by atoms with Crippen LogP contribution in [0.25, 0.3) is 10.2 Å². The van der Waals surface area contributed by atoms with Gasteiger partial charge in [-0.15, -0.1) is 11.3 Å². The molecule has 0 spiro atoms. The molecule has 0 saturated carbocycles. The third-order valence-corrected chi connectivity index (χ3v) is 7.67. The molecule has 1 aliphatic carbocycles. The predicted molar refractivity (Wildman–Crippen MR) is 110 cm³/mol. The maximum absolute atomic E-state index is 13.4. The highest BCUT2D eigenvalue weighted by Gasteiger charge is 2.26. The van der Waals surface area contributed by atoms with Gasteiger partial charge in [0.05, 0.1) is 24.1 Å². The second-order valence-electron chi connectivity index (χ2n) is 7.59. The van der Waals surface area contributed by atoms with Gasteiger partial charge in [0.1, 0.15) is 4.83 Å². The van der Waals surface area contributed by atoms with Crippen molar-refractivity contribution in [2.24, 2.45) is 5.92 Å². The Kier molecular flexibility index (Phi) is 5.86. The van der Waals surface area contributed by atoms with Crippen LogP contribution in [0.4, 0.5) is 0 Å². The molecule has 2 aliphatic rings. The number of unbranched alkanes of at least 4 members (excludes halogenated alkanes) is 1. The number of thioether (sulfide) groups is 1. The van der Waals surface area contributed by atoms with E-state index in [4.69, 9.17) is 15.0 Å². The van der Waals surface area contributed by atoms with Gasteiger partial charge in [0.2, 0.25) is 0 Å². The third kappa shape index (κ3) is 3.94. The molecule has 3 heterocycles. The van der Waals surface area contributed by atoms with E-state index in [2.05, 4.69) is 13.0 Å². The Balaban J connectivity index is 1.74. The van der Waals surface area contributed by atoms with Crippen LogP contribution >= 0.6 is 23.1 Å². The molecule has 0 N–H and O–H groups in total. The molecule has 1 saturated heterocycles. The van der Waals surface area contributed by atoms with Crippen LogP contribution in [-0.2, 0) is 24.1 Å². The molecule has 144 valence electrons. The summed E-state index contributed by atoms with van der Waals surface area (Å²) >= 11 is 3.30. The van der Waals surface area contributed by atoms with Crippen molar-refractivity contribution in [1.82, 2.24) is 9.55 Å². The molecule has 0 radical (unpaired) electrons. The first-order valence-corrected chi connectivity index (χ1v) is 11.6. The lowest BCUT2D eigenvalue weighted by atomic mass is 9.89. The van der Waals surface area contributed by atoms with Crippen molar-refractivity contribution in [1.29, 1.82) is 5.26 Å². The van der Waals surface area contributed by atoms with Crippen LogP contribution in [0.5, 0.6) is 0 Å². The van der Waals surface area contributed by atoms with Gasteiger partial charge >= 0.3 is 0 Å². The van der Waals surface area contributed by atoms with Gasteiger partial charge in [-0.3, -0.25) is 9.36 Å². The van der Waals surface area contributed by atoms with Gasteiger partial charge in [-0.05, 0) is 50.0 Å². The SMILES string of the molecule is C[C@H]1CCc2c(sc3nc(SCCCC#N)n(C[C@@H]4CCCO4)c(=O)c23)C1. The summed E-state index contributed by atoms with van der Waals surface area (Å²) in [5.41, 5.74) is 1.35. The number of aromatic nitrogens is 2. The van der Waals surface area contributed by atoms with Crippen molar-refractivity contribution in [3.05, 3.63) is 20.8 Å². The minimum Gasteiger partial charge on any atom is -0.376 e. The van der Waals surface area contributed by atoms with E-state index in [1.165, 1.54) is 10.4 Å². The van der Waals surface area contributed by atoms with Crippen LogP contribution in [0.15, 0.2) is 9.95 Å². The van der Waals surface area contributed by atoms with Gasteiger partial charge in [0, 0.05) is 23.7 Å². The standard InChI is InChI=1S/C20H25N3O2S2/c1-13-6-7-15-16(11-13)27-18-17(15)19(24)23(12-14-5-4-9-25-14)20(22-18)26-10-3-2-8-21/h13-14H,2-7,9-12H2,1H3/t13-,14-/m0/s1. The molecule has 7 heteroatoms. The first kappa shape index (κ1) is 19.0. The highest BCUT2D eigenvalue weighted by atomic mass is 32.2. The van der Waals surface area contributed by atoms with Crippen molar-refractivity contribution in [2.45, 2.75) is 69.7 Å². The quantitative estimate of drug-likeness (QED) is 0.412. The van der Waals surface area contributed by atoms with Crippen LogP contribution in [0, 0.1) is 17.2 Å². The zero-order valence-electron chi connectivity index (χ0n) is 15.7. The number of fused-ring (bicyclic) bond motifs is 3. The lowest BCUT2D eigenvalue weighted by Gasteiger charge is -2.18. The van der Waals surface area contributed by atoms with Crippen molar-refractivity contribution in [3.63, 3.8) is 0 Å². The summed E-state index contributed by atoms with van der Waals surface area (Å²) in [5, 5.41) is 10.4. The Morgan fingerprint density at radius 3 is 3.11 bits per heavy atom. The van der Waals surface area contributed by atoms with Crippen LogP contribution in [0.2, 0.25) is 0 Å². The maximum Gasteiger partial charge on any atom is 0.263 e. The highest BCUT2D eigenvalue weighted by molar-refractivity contribution is 7.99. The summed E-state index contributed by atoms with van der Waals surface area (Å²) in [5.74, 6) is 1.48. The minimum absolute atomic E-state index is 0.102. The van der Waals surface area contributed by atoms with E-state index in [-0.39, 0.29) is 11.7 Å². The van der Waals surface area contributed by atoms with Crippen LogP contribution in [0.1, 0.15) is 49.5 Å². The number of nitriles is 1. The smallest absolute Gasteiger partial charge is 0.263 e. The summed E-state index contributed by atoms with van der Waals surface area (Å²) in [6.07, 6.45) is 6.72. The van der Waals surface area contributed by atoms with E-state index in [9.17, 15) is 4.79 Å². The molecule has 2 aromatic rings. The molecular formula is C20H25N3O2S2. The molecular weight excluding hydrogens is 378 g/mol. The fourth-order valence-corrected chi connectivity index (χ4v) is 6.35. The normalized spacial score (nSPS) is 22.1. The zero-order valence-corrected chi connectivity index (χ0v) is 17.3. The molecule has 5 nitrogen and oxygen atoms in total. The fraction of sp³-hybridized carbons (Fsp3) is 0.650.